The number of benzene rings is 1. The maximum Gasteiger partial charge on any atom is 0.238 e. The zero-order valence-electron chi connectivity index (χ0n) is 11.6. The second kappa shape index (κ2) is 5.68. The van der Waals surface area contributed by atoms with Gasteiger partial charge in [0.15, 0.2) is 0 Å². The summed E-state index contributed by atoms with van der Waals surface area (Å²) in [6.07, 6.45) is 2.02. The van der Waals surface area contributed by atoms with Crippen molar-refractivity contribution in [1.82, 2.24) is 4.57 Å². The van der Waals surface area contributed by atoms with Crippen LogP contribution in [-0.4, -0.2) is 13.0 Å². The van der Waals surface area contributed by atoms with Gasteiger partial charge in [-0.15, -0.1) is 0 Å². The summed E-state index contributed by atoms with van der Waals surface area (Å²) in [4.78, 5) is 0.122. The minimum absolute atomic E-state index is 0.122. The third-order valence-electron chi connectivity index (χ3n) is 3.26. The van der Waals surface area contributed by atoms with Crippen molar-refractivity contribution in [2.75, 3.05) is 5.32 Å². The van der Waals surface area contributed by atoms with Gasteiger partial charge in [-0.25, -0.2) is 13.6 Å². The summed E-state index contributed by atoms with van der Waals surface area (Å²) in [5.41, 5.74) is 2.90. The van der Waals surface area contributed by atoms with Crippen molar-refractivity contribution in [2.24, 2.45) is 5.14 Å². The van der Waals surface area contributed by atoms with Gasteiger partial charge in [-0.1, -0.05) is 6.07 Å². The molecule has 0 radical (unpaired) electrons. The minimum atomic E-state index is -3.67. The third-order valence-corrected chi connectivity index (χ3v) is 4.17. The van der Waals surface area contributed by atoms with Crippen LogP contribution in [0.25, 0.3) is 0 Å². The van der Waals surface area contributed by atoms with Crippen LogP contribution in [-0.2, 0) is 23.1 Å². The number of anilines is 1. The Bertz CT molecular complexity index is 705. The van der Waals surface area contributed by atoms with Gasteiger partial charge in [-0.3, -0.25) is 0 Å². The molecule has 2 rings (SSSR count). The van der Waals surface area contributed by atoms with Gasteiger partial charge in [-0.2, -0.15) is 0 Å². The Hall–Kier alpha value is -1.79. The summed E-state index contributed by atoms with van der Waals surface area (Å²) < 4.78 is 24.9. The topological polar surface area (TPSA) is 77.1 Å². The van der Waals surface area contributed by atoms with E-state index in [1.807, 2.05) is 25.3 Å². The van der Waals surface area contributed by atoms with Crippen molar-refractivity contribution < 1.29 is 8.42 Å². The molecule has 1 aromatic heterocycles. The van der Waals surface area contributed by atoms with Crippen molar-refractivity contribution in [3.63, 3.8) is 0 Å². The maximum atomic E-state index is 11.4. The average molecular weight is 293 g/mol. The molecule has 5 nitrogen and oxygen atoms in total. The maximum absolute atomic E-state index is 11.4. The SMILES string of the molecule is CCn1cccc1CNc1cc(S(N)(=O)=O)ccc1C. The first-order chi connectivity index (χ1) is 9.41. The fourth-order valence-electron chi connectivity index (χ4n) is 2.07. The zero-order chi connectivity index (χ0) is 14.8. The number of hydrogen-bond donors (Lipinski definition) is 2. The van der Waals surface area contributed by atoms with E-state index in [0.717, 1.165) is 23.5 Å². The van der Waals surface area contributed by atoms with Crippen molar-refractivity contribution >= 4 is 15.7 Å². The lowest BCUT2D eigenvalue weighted by Crippen LogP contribution is -2.13. The number of nitrogens with zero attached hydrogens (tertiary/aromatic N) is 1. The molecule has 108 valence electrons. The first-order valence-electron chi connectivity index (χ1n) is 6.43. The van der Waals surface area contributed by atoms with Crippen molar-refractivity contribution in [3.05, 3.63) is 47.8 Å². The summed E-state index contributed by atoms with van der Waals surface area (Å²) in [6, 6.07) is 8.87. The molecule has 1 heterocycles. The Balaban J connectivity index is 2.21. The van der Waals surface area contributed by atoms with Gasteiger partial charge >= 0.3 is 0 Å². The van der Waals surface area contributed by atoms with Crippen LogP contribution in [0, 0.1) is 6.92 Å². The molecule has 0 aliphatic rings. The molecule has 0 amide bonds. The summed E-state index contributed by atoms with van der Waals surface area (Å²) in [5, 5.41) is 8.41. The summed E-state index contributed by atoms with van der Waals surface area (Å²) in [7, 11) is -3.67. The lowest BCUT2D eigenvalue weighted by molar-refractivity contribution is 0.598. The Morgan fingerprint density at radius 1 is 1.30 bits per heavy atom. The van der Waals surface area contributed by atoms with E-state index in [1.165, 1.54) is 6.07 Å². The fraction of sp³-hybridized carbons (Fsp3) is 0.286. The molecule has 0 fully saturated rings. The Morgan fingerprint density at radius 3 is 2.70 bits per heavy atom. The van der Waals surface area contributed by atoms with Gasteiger partial charge in [0.1, 0.15) is 0 Å². The molecule has 0 aliphatic heterocycles. The highest BCUT2D eigenvalue weighted by atomic mass is 32.2. The average Bonchev–Trinajstić information content (AvgIpc) is 2.83. The van der Waals surface area contributed by atoms with Crippen LogP contribution in [0.1, 0.15) is 18.2 Å². The van der Waals surface area contributed by atoms with Crippen LogP contribution < -0.4 is 10.5 Å². The van der Waals surface area contributed by atoms with Crippen LogP contribution in [0.3, 0.4) is 0 Å². The standard InChI is InChI=1S/C14H19N3O2S/c1-3-17-8-4-5-12(17)10-16-14-9-13(20(15,18)19)7-6-11(14)2/h4-9,16H,3,10H2,1-2H3,(H2,15,18,19). The van der Waals surface area contributed by atoms with E-state index >= 15 is 0 Å². The molecule has 1 aromatic carbocycles. The van der Waals surface area contributed by atoms with E-state index in [9.17, 15) is 8.42 Å². The Labute approximate surface area is 119 Å². The van der Waals surface area contributed by atoms with Gasteiger partial charge in [0, 0.05) is 24.1 Å². The molecule has 20 heavy (non-hydrogen) atoms. The second-order valence-corrected chi connectivity index (χ2v) is 6.22. The van der Waals surface area contributed by atoms with E-state index in [-0.39, 0.29) is 4.90 Å². The summed E-state index contributed by atoms with van der Waals surface area (Å²) >= 11 is 0. The molecular formula is C14H19N3O2S. The molecule has 0 unspecified atom stereocenters. The number of rotatable bonds is 5. The number of nitrogens with one attached hydrogen (secondary N) is 1. The number of sulfonamides is 1. The Morgan fingerprint density at radius 2 is 2.05 bits per heavy atom. The fourth-order valence-corrected chi connectivity index (χ4v) is 2.61. The number of aryl methyl sites for hydroxylation is 2. The van der Waals surface area contributed by atoms with Crippen molar-refractivity contribution in [2.45, 2.75) is 31.8 Å². The molecule has 0 spiro atoms. The van der Waals surface area contributed by atoms with Gasteiger partial charge < -0.3 is 9.88 Å². The number of aromatic nitrogens is 1. The molecular weight excluding hydrogens is 274 g/mol. The predicted octanol–water partition coefficient (Wildman–Crippen LogP) is 2.08. The van der Waals surface area contributed by atoms with E-state index in [2.05, 4.69) is 16.8 Å². The predicted molar refractivity (Wildman–Crippen MR) is 80.0 cm³/mol. The quantitative estimate of drug-likeness (QED) is 0.886. The molecule has 6 heteroatoms. The van der Waals surface area contributed by atoms with Crippen molar-refractivity contribution in [1.29, 1.82) is 0 Å². The molecule has 3 N–H and O–H groups in total. The molecule has 0 saturated carbocycles. The second-order valence-electron chi connectivity index (χ2n) is 4.66. The monoisotopic (exact) mass is 293 g/mol. The summed E-state index contributed by atoms with van der Waals surface area (Å²) in [5.74, 6) is 0. The largest absolute Gasteiger partial charge is 0.379 e. The van der Waals surface area contributed by atoms with E-state index < -0.39 is 10.0 Å². The minimum Gasteiger partial charge on any atom is -0.379 e. The first-order valence-corrected chi connectivity index (χ1v) is 7.98. The van der Waals surface area contributed by atoms with E-state index in [0.29, 0.717) is 6.54 Å². The van der Waals surface area contributed by atoms with Gasteiger partial charge in [0.05, 0.1) is 11.4 Å². The number of nitrogens with two attached hydrogens (primary N) is 1. The smallest absolute Gasteiger partial charge is 0.238 e. The molecule has 0 atom stereocenters. The van der Waals surface area contributed by atoms with Crippen molar-refractivity contribution in [3.8, 4) is 0 Å². The molecule has 0 saturated heterocycles. The van der Waals surface area contributed by atoms with Crippen LogP contribution in [0.4, 0.5) is 5.69 Å². The van der Waals surface area contributed by atoms with Crippen LogP contribution >= 0.6 is 0 Å². The lowest BCUT2D eigenvalue weighted by Gasteiger charge is -2.12. The summed E-state index contributed by atoms with van der Waals surface area (Å²) in [6.45, 7) is 5.54. The van der Waals surface area contributed by atoms with Gasteiger partial charge in [-0.05, 0) is 43.7 Å². The molecule has 0 bridgehead atoms. The number of primary sulfonamides is 1. The highest BCUT2D eigenvalue weighted by Crippen LogP contribution is 2.20. The highest BCUT2D eigenvalue weighted by Gasteiger charge is 2.10. The normalized spacial score (nSPS) is 11.6. The third kappa shape index (κ3) is 3.20. The lowest BCUT2D eigenvalue weighted by atomic mass is 10.2. The number of hydrogen-bond acceptors (Lipinski definition) is 3. The van der Waals surface area contributed by atoms with E-state index in [1.54, 1.807) is 12.1 Å². The zero-order valence-corrected chi connectivity index (χ0v) is 12.4. The van der Waals surface area contributed by atoms with Crippen LogP contribution in [0.15, 0.2) is 41.4 Å². The van der Waals surface area contributed by atoms with Crippen LogP contribution in [0.5, 0.6) is 0 Å². The Kier molecular flexibility index (Phi) is 4.15. The highest BCUT2D eigenvalue weighted by molar-refractivity contribution is 7.89. The first kappa shape index (κ1) is 14.6. The van der Waals surface area contributed by atoms with Gasteiger partial charge in [0.2, 0.25) is 10.0 Å². The molecule has 0 aliphatic carbocycles. The van der Waals surface area contributed by atoms with E-state index in [4.69, 9.17) is 5.14 Å². The molecule has 2 aromatic rings. The van der Waals surface area contributed by atoms with Gasteiger partial charge in [0.25, 0.3) is 0 Å². The van der Waals surface area contributed by atoms with Crippen LogP contribution in [0.2, 0.25) is 0 Å².